The zero-order valence-corrected chi connectivity index (χ0v) is 13.4. The molecule has 1 heterocycles. The molecule has 1 N–H and O–H groups in total. The molecule has 0 saturated carbocycles. The highest BCUT2D eigenvalue weighted by molar-refractivity contribution is 7.12. The molecule has 2 rings (SSSR count). The van der Waals surface area contributed by atoms with Gasteiger partial charge in [0.1, 0.15) is 11.5 Å². The van der Waals surface area contributed by atoms with Crippen LogP contribution >= 0.6 is 11.3 Å². The predicted molar refractivity (Wildman–Crippen MR) is 84.2 cm³/mol. The van der Waals surface area contributed by atoms with E-state index in [4.69, 9.17) is 9.47 Å². The molecule has 0 amide bonds. The van der Waals surface area contributed by atoms with Crippen molar-refractivity contribution < 1.29 is 9.47 Å². The van der Waals surface area contributed by atoms with Crippen LogP contribution < -0.4 is 14.8 Å². The Bertz CT molecular complexity index is 570. The molecule has 0 aliphatic heterocycles. The van der Waals surface area contributed by atoms with E-state index in [-0.39, 0.29) is 6.04 Å². The van der Waals surface area contributed by atoms with E-state index in [1.54, 1.807) is 14.2 Å². The minimum Gasteiger partial charge on any atom is -0.497 e. The highest BCUT2D eigenvalue weighted by atomic mass is 32.1. The fourth-order valence-electron chi connectivity index (χ4n) is 2.39. The molecule has 0 fully saturated rings. The molecule has 2 aromatic rings. The van der Waals surface area contributed by atoms with Gasteiger partial charge in [-0.2, -0.15) is 0 Å². The summed E-state index contributed by atoms with van der Waals surface area (Å²) in [6.45, 7) is 4.29. The Morgan fingerprint density at radius 3 is 2.00 bits per heavy atom. The van der Waals surface area contributed by atoms with Crippen molar-refractivity contribution in [3.05, 3.63) is 45.1 Å². The quantitative estimate of drug-likeness (QED) is 0.911. The standard InChI is InChI=1S/C16H21NO2S/c1-10-6-11(2)20-16(10)15(17-3)12-7-13(18-4)9-14(8-12)19-5/h6-9,15,17H,1-5H3. The zero-order chi connectivity index (χ0) is 14.7. The Morgan fingerprint density at radius 1 is 1.00 bits per heavy atom. The third-order valence-corrected chi connectivity index (χ3v) is 4.55. The summed E-state index contributed by atoms with van der Waals surface area (Å²) in [7, 11) is 5.33. The van der Waals surface area contributed by atoms with Crippen LogP contribution in [-0.2, 0) is 0 Å². The first-order chi connectivity index (χ1) is 9.58. The van der Waals surface area contributed by atoms with Gasteiger partial charge >= 0.3 is 0 Å². The Morgan fingerprint density at radius 2 is 1.60 bits per heavy atom. The van der Waals surface area contributed by atoms with Crippen molar-refractivity contribution in [1.29, 1.82) is 0 Å². The highest BCUT2D eigenvalue weighted by Gasteiger charge is 2.18. The average molecular weight is 291 g/mol. The molecule has 20 heavy (non-hydrogen) atoms. The van der Waals surface area contributed by atoms with E-state index in [9.17, 15) is 0 Å². The van der Waals surface area contributed by atoms with Crippen LogP contribution in [0.25, 0.3) is 0 Å². The van der Waals surface area contributed by atoms with Crippen molar-refractivity contribution >= 4 is 11.3 Å². The van der Waals surface area contributed by atoms with Crippen LogP contribution in [0.2, 0.25) is 0 Å². The second-order valence-electron chi connectivity index (χ2n) is 4.77. The van der Waals surface area contributed by atoms with Crippen LogP contribution in [-0.4, -0.2) is 21.3 Å². The van der Waals surface area contributed by atoms with Crippen molar-refractivity contribution in [3.63, 3.8) is 0 Å². The van der Waals surface area contributed by atoms with E-state index in [0.29, 0.717) is 0 Å². The molecule has 0 saturated heterocycles. The molecule has 0 aliphatic rings. The third kappa shape index (κ3) is 2.97. The minimum atomic E-state index is 0.151. The lowest BCUT2D eigenvalue weighted by atomic mass is 10.0. The van der Waals surface area contributed by atoms with Gasteiger partial charge in [-0.3, -0.25) is 0 Å². The maximum atomic E-state index is 5.36. The van der Waals surface area contributed by atoms with Crippen LogP contribution in [0.3, 0.4) is 0 Å². The van der Waals surface area contributed by atoms with E-state index in [1.807, 2.05) is 24.5 Å². The topological polar surface area (TPSA) is 30.5 Å². The normalized spacial score (nSPS) is 12.2. The van der Waals surface area contributed by atoms with Gasteiger partial charge in [-0.05, 0) is 50.2 Å². The van der Waals surface area contributed by atoms with Crippen LogP contribution in [0, 0.1) is 13.8 Å². The van der Waals surface area contributed by atoms with Gasteiger partial charge in [0.15, 0.2) is 0 Å². The molecule has 4 heteroatoms. The Hall–Kier alpha value is -1.52. The zero-order valence-electron chi connectivity index (χ0n) is 12.6. The molecule has 1 atom stereocenters. The van der Waals surface area contributed by atoms with E-state index in [2.05, 4.69) is 37.4 Å². The molecule has 1 aromatic heterocycles. The van der Waals surface area contributed by atoms with E-state index >= 15 is 0 Å². The second kappa shape index (κ2) is 6.29. The van der Waals surface area contributed by atoms with Gasteiger partial charge < -0.3 is 14.8 Å². The molecule has 0 radical (unpaired) electrons. The van der Waals surface area contributed by atoms with Crippen LogP contribution in [0.5, 0.6) is 11.5 Å². The maximum absolute atomic E-state index is 5.36. The van der Waals surface area contributed by atoms with Gasteiger partial charge in [-0.15, -0.1) is 11.3 Å². The second-order valence-corrected chi connectivity index (χ2v) is 6.06. The summed E-state index contributed by atoms with van der Waals surface area (Å²) in [5.74, 6) is 1.62. The van der Waals surface area contributed by atoms with E-state index in [0.717, 1.165) is 17.1 Å². The van der Waals surface area contributed by atoms with Gasteiger partial charge in [0.25, 0.3) is 0 Å². The van der Waals surface area contributed by atoms with E-state index < -0.39 is 0 Å². The minimum absolute atomic E-state index is 0.151. The number of hydrogen-bond donors (Lipinski definition) is 1. The number of benzene rings is 1. The monoisotopic (exact) mass is 291 g/mol. The molecule has 1 unspecified atom stereocenters. The van der Waals surface area contributed by atoms with Crippen molar-refractivity contribution in [3.8, 4) is 11.5 Å². The molecule has 3 nitrogen and oxygen atoms in total. The first kappa shape index (κ1) is 14.9. The number of ether oxygens (including phenoxy) is 2. The molecule has 0 bridgehead atoms. The van der Waals surface area contributed by atoms with Crippen LogP contribution in [0.15, 0.2) is 24.3 Å². The van der Waals surface area contributed by atoms with Crippen molar-refractivity contribution in [2.24, 2.45) is 0 Å². The molecule has 108 valence electrons. The number of nitrogens with one attached hydrogen (secondary N) is 1. The lowest BCUT2D eigenvalue weighted by Crippen LogP contribution is -2.17. The first-order valence-corrected chi connectivity index (χ1v) is 7.37. The molecule has 0 aliphatic carbocycles. The fourth-order valence-corrected chi connectivity index (χ4v) is 3.57. The van der Waals surface area contributed by atoms with Crippen molar-refractivity contribution in [1.82, 2.24) is 5.32 Å². The Balaban J connectivity index is 2.48. The number of aryl methyl sites for hydroxylation is 2. The molecule has 0 spiro atoms. The first-order valence-electron chi connectivity index (χ1n) is 6.56. The van der Waals surface area contributed by atoms with Crippen LogP contribution in [0.1, 0.15) is 26.9 Å². The number of rotatable bonds is 5. The van der Waals surface area contributed by atoms with Gasteiger partial charge in [0.2, 0.25) is 0 Å². The van der Waals surface area contributed by atoms with Gasteiger partial charge in [-0.25, -0.2) is 0 Å². The highest BCUT2D eigenvalue weighted by Crippen LogP contribution is 2.34. The number of thiophene rings is 1. The van der Waals surface area contributed by atoms with Crippen LogP contribution in [0.4, 0.5) is 0 Å². The third-order valence-electron chi connectivity index (χ3n) is 3.34. The summed E-state index contributed by atoms with van der Waals surface area (Å²) in [6.07, 6.45) is 0. The van der Waals surface area contributed by atoms with E-state index in [1.165, 1.54) is 15.3 Å². The summed E-state index contributed by atoms with van der Waals surface area (Å²) in [4.78, 5) is 2.66. The fraction of sp³-hybridized carbons (Fsp3) is 0.375. The largest absolute Gasteiger partial charge is 0.497 e. The Labute approximate surface area is 124 Å². The smallest absolute Gasteiger partial charge is 0.122 e. The van der Waals surface area contributed by atoms with Gasteiger partial charge in [0.05, 0.1) is 20.3 Å². The van der Waals surface area contributed by atoms with Gasteiger partial charge in [0, 0.05) is 15.8 Å². The molecular formula is C16H21NO2S. The van der Waals surface area contributed by atoms with Crippen molar-refractivity contribution in [2.45, 2.75) is 19.9 Å². The van der Waals surface area contributed by atoms with Crippen molar-refractivity contribution in [2.75, 3.05) is 21.3 Å². The molecular weight excluding hydrogens is 270 g/mol. The lowest BCUT2D eigenvalue weighted by Gasteiger charge is -2.18. The predicted octanol–water partition coefficient (Wildman–Crippen LogP) is 3.69. The number of hydrogen-bond acceptors (Lipinski definition) is 4. The number of methoxy groups -OCH3 is 2. The summed E-state index contributed by atoms with van der Waals surface area (Å²) >= 11 is 1.82. The van der Waals surface area contributed by atoms with Gasteiger partial charge in [-0.1, -0.05) is 0 Å². The summed E-state index contributed by atoms with van der Waals surface area (Å²) < 4.78 is 10.7. The summed E-state index contributed by atoms with van der Waals surface area (Å²) in [5.41, 5.74) is 2.46. The lowest BCUT2D eigenvalue weighted by molar-refractivity contribution is 0.392. The maximum Gasteiger partial charge on any atom is 0.122 e. The average Bonchev–Trinajstić information content (AvgIpc) is 2.78. The molecule has 1 aromatic carbocycles. The Kier molecular flexibility index (Phi) is 4.68. The summed E-state index contributed by atoms with van der Waals surface area (Å²) in [5, 5.41) is 3.39. The summed E-state index contributed by atoms with van der Waals surface area (Å²) in [6, 6.07) is 8.37. The SMILES string of the molecule is CNC(c1cc(OC)cc(OC)c1)c1sc(C)cc1C.